The summed E-state index contributed by atoms with van der Waals surface area (Å²) in [6.45, 7) is 2.27. The van der Waals surface area contributed by atoms with Crippen molar-refractivity contribution in [2.24, 2.45) is 5.10 Å². The van der Waals surface area contributed by atoms with Gasteiger partial charge in [0.2, 0.25) is 0 Å². The molecule has 1 atom stereocenters. The molecule has 0 fully saturated rings. The van der Waals surface area contributed by atoms with Crippen LogP contribution in [0.25, 0.3) is 0 Å². The number of benzene rings is 3. The molecule has 0 aliphatic carbocycles. The quantitative estimate of drug-likeness (QED) is 0.261. The number of hydrazone groups is 1. The third-order valence-corrected chi connectivity index (χ3v) is 5.67. The number of nitrogens with zero attached hydrogens (tertiary/aromatic N) is 1. The molecule has 3 aromatic carbocycles. The maximum Gasteiger partial charge on any atom is 0.253 e. The summed E-state index contributed by atoms with van der Waals surface area (Å²) in [5.41, 5.74) is 4.43. The monoisotopic (exact) mass is 454 g/mol. The van der Waals surface area contributed by atoms with Gasteiger partial charge in [0.15, 0.2) is 11.5 Å². The number of nitrogens with one attached hydrogen (secondary N) is 1. The lowest BCUT2D eigenvalue weighted by molar-refractivity contribution is -0.120. The van der Waals surface area contributed by atoms with Crippen molar-refractivity contribution >= 4 is 35.5 Å². The van der Waals surface area contributed by atoms with Crippen LogP contribution in [0, 0.1) is 0 Å². The molecule has 3 rings (SSSR count). The lowest BCUT2D eigenvalue weighted by Crippen LogP contribution is -2.26. The van der Waals surface area contributed by atoms with Crippen LogP contribution in [-0.2, 0) is 11.4 Å². The molecule has 1 amide bonds. The molecule has 0 unspecified atom stereocenters. The Balaban J connectivity index is 1.54. The Morgan fingerprint density at radius 3 is 2.55 bits per heavy atom. The Kier molecular flexibility index (Phi) is 8.38. The normalized spacial score (nSPS) is 11.8. The number of rotatable bonds is 9. The van der Waals surface area contributed by atoms with Gasteiger partial charge in [-0.2, -0.15) is 5.10 Å². The zero-order chi connectivity index (χ0) is 22.1. The van der Waals surface area contributed by atoms with Gasteiger partial charge in [-0.05, 0) is 60.5 Å². The Morgan fingerprint density at radius 2 is 1.84 bits per heavy atom. The summed E-state index contributed by atoms with van der Waals surface area (Å²) < 4.78 is 11.3. The fourth-order valence-corrected chi connectivity index (χ4v) is 3.64. The van der Waals surface area contributed by atoms with E-state index in [1.54, 1.807) is 25.5 Å². The Morgan fingerprint density at radius 1 is 1.10 bits per heavy atom. The van der Waals surface area contributed by atoms with E-state index in [1.807, 2.05) is 67.6 Å². The van der Waals surface area contributed by atoms with Gasteiger partial charge in [-0.25, -0.2) is 5.43 Å². The van der Waals surface area contributed by atoms with Gasteiger partial charge in [0, 0.05) is 9.92 Å². The third kappa shape index (κ3) is 7.05. The van der Waals surface area contributed by atoms with E-state index in [0.29, 0.717) is 23.1 Å². The van der Waals surface area contributed by atoms with Crippen LogP contribution in [0.3, 0.4) is 0 Å². The molecular weight excluding hydrogens is 432 g/mol. The van der Waals surface area contributed by atoms with Gasteiger partial charge in [0.1, 0.15) is 6.61 Å². The maximum atomic E-state index is 12.3. The molecule has 0 aliphatic rings. The highest BCUT2D eigenvalue weighted by atomic mass is 35.5. The van der Waals surface area contributed by atoms with Gasteiger partial charge >= 0.3 is 0 Å². The molecule has 0 aliphatic heterocycles. The standard InChI is InChI=1S/C24H23ClN2O3S/c1-17(31-21-11-9-20(25)10-12-21)24(28)27-26-15-19-8-13-22(23(14-19)29-2)30-16-18-6-4-3-5-7-18/h3-15,17H,16H2,1-2H3,(H,27,28)/b26-15-/t17-/m0/s1. The highest BCUT2D eigenvalue weighted by Gasteiger charge is 2.13. The first-order valence-corrected chi connectivity index (χ1v) is 10.9. The van der Waals surface area contributed by atoms with Crippen molar-refractivity contribution in [3.8, 4) is 11.5 Å². The minimum absolute atomic E-state index is 0.189. The van der Waals surface area contributed by atoms with Crippen LogP contribution >= 0.6 is 23.4 Å². The summed E-state index contributed by atoms with van der Waals surface area (Å²) in [7, 11) is 1.59. The Hall–Kier alpha value is -2.96. The number of halogens is 1. The van der Waals surface area contributed by atoms with Crippen molar-refractivity contribution in [2.75, 3.05) is 7.11 Å². The number of carbonyl (C=O) groups is 1. The highest BCUT2D eigenvalue weighted by molar-refractivity contribution is 8.00. The van der Waals surface area contributed by atoms with Crippen molar-refractivity contribution in [2.45, 2.75) is 23.7 Å². The smallest absolute Gasteiger partial charge is 0.253 e. The zero-order valence-corrected chi connectivity index (χ0v) is 18.8. The van der Waals surface area contributed by atoms with Crippen LogP contribution in [0.5, 0.6) is 11.5 Å². The first-order chi connectivity index (χ1) is 15.0. The SMILES string of the molecule is COc1cc(/C=N\NC(=O)[C@H](C)Sc2ccc(Cl)cc2)ccc1OCc1ccccc1. The minimum Gasteiger partial charge on any atom is -0.493 e. The van der Waals surface area contributed by atoms with Gasteiger partial charge in [-0.3, -0.25) is 4.79 Å². The van der Waals surface area contributed by atoms with E-state index in [9.17, 15) is 4.79 Å². The van der Waals surface area contributed by atoms with E-state index in [4.69, 9.17) is 21.1 Å². The lowest BCUT2D eigenvalue weighted by atomic mass is 10.2. The molecule has 0 saturated heterocycles. The molecule has 31 heavy (non-hydrogen) atoms. The van der Waals surface area contributed by atoms with E-state index in [2.05, 4.69) is 10.5 Å². The Labute approximate surface area is 191 Å². The van der Waals surface area contributed by atoms with Gasteiger partial charge in [0.05, 0.1) is 18.6 Å². The van der Waals surface area contributed by atoms with E-state index in [1.165, 1.54) is 11.8 Å². The molecule has 3 aromatic rings. The molecule has 0 heterocycles. The van der Waals surface area contributed by atoms with Crippen molar-refractivity contribution in [1.82, 2.24) is 5.43 Å². The molecule has 7 heteroatoms. The van der Waals surface area contributed by atoms with Crippen LogP contribution in [0.4, 0.5) is 0 Å². The van der Waals surface area contributed by atoms with Crippen LogP contribution in [0.1, 0.15) is 18.1 Å². The van der Waals surface area contributed by atoms with Crippen LogP contribution in [-0.4, -0.2) is 24.5 Å². The molecular formula is C24H23ClN2O3S. The number of hydrogen-bond acceptors (Lipinski definition) is 5. The molecule has 0 bridgehead atoms. The predicted octanol–water partition coefficient (Wildman–Crippen LogP) is 5.56. The van der Waals surface area contributed by atoms with Gasteiger partial charge in [-0.1, -0.05) is 41.9 Å². The summed E-state index contributed by atoms with van der Waals surface area (Å²) >= 11 is 7.33. The number of amides is 1. The summed E-state index contributed by atoms with van der Waals surface area (Å²) in [6, 6.07) is 22.8. The van der Waals surface area contributed by atoms with Crippen molar-refractivity contribution < 1.29 is 14.3 Å². The van der Waals surface area contributed by atoms with Crippen LogP contribution < -0.4 is 14.9 Å². The summed E-state index contributed by atoms with van der Waals surface area (Å²) in [4.78, 5) is 13.2. The molecule has 0 saturated carbocycles. The second-order valence-electron chi connectivity index (χ2n) is 6.63. The first kappa shape index (κ1) is 22.7. The van der Waals surface area contributed by atoms with Crippen molar-refractivity contribution in [3.05, 3.63) is 88.9 Å². The number of ether oxygens (including phenoxy) is 2. The minimum atomic E-state index is -0.304. The zero-order valence-electron chi connectivity index (χ0n) is 17.2. The van der Waals surface area contributed by atoms with Gasteiger partial charge < -0.3 is 9.47 Å². The van der Waals surface area contributed by atoms with E-state index in [-0.39, 0.29) is 11.2 Å². The largest absolute Gasteiger partial charge is 0.493 e. The first-order valence-electron chi connectivity index (χ1n) is 9.65. The average Bonchev–Trinajstić information content (AvgIpc) is 2.80. The van der Waals surface area contributed by atoms with Crippen molar-refractivity contribution in [1.29, 1.82) is 0 Å². The summed E-state index contributed by atoms with van der Waals surface area (Å²) in [5.74, 6) is 1.05. The summed E-state index contributed by atoms with van der Waals surface area (Å²) in [5, 5.41) is 4.42. The van der Waals surface area contributed by atoms with Crippen LogP contribution in [0.2, 0.25) is 5.02 Å². The third-order valence-electron chi connectivity index (χ3n) is 4.31. The Bertz CT molecular complexity index is 1030. The summed E-state index contributed by atoms with van der Waals surface area (Å²) in [6.07, 6.45) is 1.57. The molecule has 5 nitrogen and oxygen atoms in total. The van der Waals surface area contributed by atoms with Crippen LogP contribution in [0.15, 0.2) is 82.8 Å². The molecule has 0 aromatic heterocycles. The van der Waals surface area contributed by atoms with E-state index < -0.39 is 0 Å². The number of thioether (sulfide) groups is 1. The molecule has 0 radical (unpaired) electrons. The number of methoxy groups -OCH3 is 1. The fraction of sp³-hybridized carbons (Fsp3) is 0.167. The molecule has 160 valence electrons. The van der Waals surface area contributed by atoms with Gasteiger partial charge in [-0.15, -0.1) is 11.8 Å². The van der Waals surface area contributed by atoms with Crippen molar-refractivity contribution in [3.63, 3.8) is 0 Å². The van der Waals surface area contributed by atoms with E-state index >= 15 is 0 Å². The fourth-order valence-electron chi connectivity index (χ4n) is 2.65. The molecule has 0 spiro atoms. The number of hydrogen-bond donors (Lipinski definition) is 1. The predicted molar refractivity (Wildman–Crippen MR) is 126 cm³/mol. The maximum absolute atomic E-state index is 12.3. The second-order valence-corrected chi connectivity index (χ2v) is 8.48. The topological polar surface area (TPSA) is 59.9 Å². The highest BCUT2D eigenvalue weighted by Crippen LogP contribution is 2.28. The second kappa shape index (κ2) is 11.4. The average molecular weight is 455 g/mol. The lowest BCUT2D eigenvalue weighted by Gasteiger charge is -2.11. The van der Waals surface area contributed by atoms with Gasteiger partial charge in [0.25, 0.3) is 5.91 Å². The molecule has 1 N–H and O–H groups in total. The van der Waals surface area contributed by atoms with E-state index in [0.717, 1.165) is 16.0 Å². The number of carbonyl (C=O) groups excluding carboxylic acids is 1.